The lowest BCUT2D eigenvalue weighted by molar-refractivity contribution is -0.0467. The summed E-state index contributed by atoms with van der Waals surface area (Å²) in [6.45, 7) is 0. The highest BCUT2D eigenvalue weighted by atomic mass is 35.5. The van der Waals surface area contributed by atoms with Crippen molar-refractivity contribution in [3.8, 4) is 11.3 Å². The van der Waals surface area contributed by atoms with Crippen molar-refractivity contribution in [3.63, 3.8) is 0 Å². The Balaban J connectivity index is 1.34. The molecule has 0 bridgehead atoms. The predicted molar refractivity (Wildman–Crippen MR) is 133 cm³/mol. The van der Waals surface area contributed by atoms with Crippen molar-refractivity contribution < 1.29 is 13.6 Å². The lowest BCUT2D eigenvalue weighted by Crippen LogP contribution is -2.48. The highest BCUT2D eigenvalue weighted by molar-refractivity contribution is 6.33. The van der Waals surface area contributed by atoms with Crippen LogP contribution in [0.3, 0.4) is 0 Å². The van der Waals surface area contributed by atoms with Crippen molar-refractivity contribution in [2.24, 2.45) is 0 Å². The summed E-state index contributed by atoms with van der Waals surface area (Å²) in [6, 6.07) is 12.7. The Morgan fingerprint density at radius 1 is 1.11 bits per heavy atom. The van der Waals surface area contributed by atoms with Crippen LogP contribution in [0.1, 0.15) is 29.6 Å². The highest BCUT2D eigenvalue weighted by Crippen LogP contribution is 2.36. The van der Waals surface area contributed by atoms with Gasteiger partial charge in [-0.1, -0.05) is 29.8 Å². The van der Waals surface area contributed by atoms with Crippen LogP contribution in [0, 0.1) is 0 Å². The number of para-hydroxylation sites is 1. The number of carbonyl (C=O) groups excluding carboxylic acids is 1. The molecular weight excluding hydrogens is 474 g/mol. The molecule has 1 saturated carbocycles. The summed E-state index contributed by atoms with van der Waals surface area (Å²) in [5, 5.41) is 7.04. The second kappa shape index (κ2) is 9.14. The summed E-state index contributed by atoms with van der Waals surface area (Å²) in [7, 11) is 0. The van der Waals surface area contributed by atoms with Crippen molar-refractivity contribution in [1.82, 2.24) is 20.3 Å². The SMILES string of the molecule is Nc1ccc(C(=O)NC2CC(Nc3ncc(Cl)c(-c4c[nH]c5ccccc45)n3)CC(F)(F)C2)cc1. The molecule has 2 heterocycles. The van der Waals surface area contributed by atoms with Crippen LogP contribution in [0.15, 0.2) is 60.9 Å². The number of H-pyrrole nitrogens is 1. The largest absolute Gasteiger partial charge is 0.399 e. The minimum absolute atomic E-state index is 0.195. The summed E-state index contributed by atoms with van der Waals surface area (Å²) in [5.74, 6) is -3.18. The molecule has 180 valence electrons. The van der Waals surface area contributed by atoms with E-state index in [0.717, 1.165) is 16.5 Å². The third kappa shape index (κ3) is 5.05. The number of hydrogen-bond donors (Lipinski definition) is 4. The van der Waals surface area contributed by atoms with Crippen molar-refractivity contribution in [2.45, 2.75) is 37.3 Å². The minimum atomic E-state index is -2.96. The maximum absolute atomic E-state index is 14.6. The van der Waals surface area contributed by atoms with Crippen LogP contribution in [0.5, 0.6) is 0 Å². The zero-order chi connectivity index (χ0) is 24.6. The highest BCUT2D eigenvalue weighted by Gasteiger charge is 2.42. The Kier molecular flexibility index (Phi) is 6.02. The number of aromatic amines is 1. The number of hydrogen-bond acceptors (Lipinski definition) is 5. The van der Waals surface area contributed by atoms with Gasteiger partial charge in [0.15, 0.2) is 0 Å². The zero-order valence-corrected chi connectivity index (χ0v) is 19.3. The molecule has 5 rings (SSSR count). The van der Waals surface area contributed by atoms with Gasteiger partial charge in [0.1, 0.15) is 0 Å². The number of aromatic nitrogens is 3. The van der Waals surface area contributed by atoms with E-state index < -0.39 is 36.8 Å². The van der Waals surface area contributed by atoms with Crippen molar-refractivity contribution >= 4 is 40.0 Å². The third-order valence-electron chi connectivity index (χ3n) is 6.09. The fourth-order valence-electron chi connectivity index (χ4n) is 4.51. The number of benzene rings is 2. The van der Waals surface area contributed by atoms with Crippen LogP contribution in [0.4, 0.5) is 20.4 Å². The van der Waals surface area contributed by atoms with Crippen molar-refractivity contribution in [1.29, 1.82) is 0 Å². The van der Waals surface area contributed by atoms with Gasteiger partial charge < -0.3 is 21.4 Å². The summed E-state index contributed by atoms with van der Waals surface area (Å²) >= 11 is 6.38. The molecule has 10 heteroatoms. The van der Waals surface area contributed by atoms with E-state index >= 15 is 0 Å². The fraction of sp³-hybridized carbons (Fsp3) is 0.240. The topological polar surface area (TPSA) is 109 Å². The average Bonchev–Trinajstić information content (AvgIpc) is 3.24. The first kappa shape index (κ1) is 23.0. The molecular formula is C25H23ClF2N6O. The number of rotatable bonds is 5. The van der Waals surface area contributed by atoms with Gasteiger partial charge in [-0.05, 0) is 36.8 Å². The van der Waals surface area contributed by atoms with E-state index in [-0.39, 0.29) is 5.95 Å². The molecule has 35 heavy (non-hydrogen) atoms. The molecule has 7 nitrogen and oxygen atoms in total. The number of amides is 1. The zero-order valence-electron chi connectivity index (χ0n) is 18.6. The molecule has 1 fully saturated rings. The molecule has 2 atom stereocenters. The third-order valence-corrected chi connectivity index (χ3v) is 6.37. The number of nitrogens with two attached hydrogens (primary N) is 1. The molecule has 0 radical (unpaired) electrons. The van der Waals surface area contributed by atoms with Crippen LogP contribution in [0.25, 0.3) is 22.2 Å². The standard InChI is InChI=1S/C25H23ClF2N6O/c26-20-13-31-24(34-22(20)19-12-30-21-4-2-1-3-18(19)21)33-17-9-16(10-25(27,28)11-17)32-23(35)14-5-7-15(29)8-6-14/h1-8,12-13,16-17,30H,9-11,29H2,(H,32,35)(H,31,33,34). The Hall–Kier alpha value is -3.72. The molecule has 2 unspecified atom stereocenters. The van der Waals surface area contributed by atoms with Gasteiger partial charge in [-0.15, -0.1) is 0 Å². The Labute approximate surface area is 205 Å². The molecule has 0 saturated heterocycles. The summed E-state index contributed by atoms with van der Waals surface area (Å²) in [5.41, 5.74) is 8.75. The molecule has 4 aromatic rings. The number of fused-ring (bicyclic) bond motifs is 1. The molecule has 1 aliphatic carbocycles. The second-order valence-electron chi connectivity index (χ2n) is 8.77. The first-order chi connectivity index (χ1) is 16.8. The van der Waals surface area contributed by atoms with E-state index in [0.29, 0.717) is 28.4 Å². The van der Waals surface area contributed by atoms with Crippen LogP contribution in [0.2, 0.25) is 5.02 Å². The Morgan fingerprint density at radius 2 is 1.86 bits per heavy atom. The van der Waals surface area contributed by atoms with Gasteiger partial charge in [-0.25, -0.2) is 18.7 Å². The van der Waals surface area contributed by atoms with Crippen LogP contribution in [-0.2, 0) is 0 Å². The van der Waals surface area contributed by atoms with Gasteiger partial charge in [0.25, 0.3) is 11.8 Å². The maximum atomic E-state index is 14.6. The van der Waals surface area contributed by atoms with Gasteiger partial charge in [0.2, 0.25) is 5.95 Å². The predicted octanol–water partition coefficient (Wildman–Crippen LogP) is 5.26. The minimum Gasteiger partial charge on any atom is -0.399 e. The molecule has 1 amide bonds. The molecule has 2 aromatic heterocycles. The second-order valence-corrected chi connectivity index (χ2v) is 9.18. The average molecular weight is 497 g/mol. The normalized spacial score (nSPS) is 19.4. The molecule has 0 aliphatic heterocycles. The number of alkyl halides is 2. The number of nitrogens with one attached hydrogen (secondary N) is 3. The number of carbonyl (C=O) groups is 1. The number of nitrogens with zero attached hydrogens (tertiary/aromatic N) is 2. The van der Waals surface area contributed by atoms with Gasteiger partial charge in [0.05, 0.1) is 16.9 Å². The van der Waals surface area contributed by atoms with E-state index in [9.17, 15) is 13.6 Å². The Bertz CT molecular complexity index is 1370. The fourth-order valence-corrected chi connectivity index (χ4v) is 4.71. The van der Waals surface area contributed by atoms with E-state index in [1.807, 2.05) is 24.3 Å². The van der Waals surface area contributed by atoms with Gasteiger partial charge in [-0.3, -0.25) is 4.79 Å². The van der Waals surface area contributed by atoms with Gasteiger partial charge in [0, 0.05) is 58.8 Å². The van der Waals surface area contributed by atoms with Crippen molar-refractivity contribution in [2.75, 3.05) is 11.1 Å². The van der Waals surface area contributed by atoms with E-state index in [2.05, 4.69) is 25.6 Å². The van der Waals surface area contributed by atoms with E-state index in [4.69, 9.17) is 17.3 Å². The van der Waals surface area contributed by atoms with Crippen LogP contribution >= 0.6 is 11.6 Å². The van der Waals surface area contributed by atoms with Crippen LogP contribution < -0.4 is 16.4 Å². The number of nitrogen functional groups attached to an aromatic ring is 1. The number of halogens is 3. The first-order valence-corrected chi connectivity index (χ1v) is 11.5. The Morgan fingerprint density at radius 3 is 2.66 bits per heavy atom. The van der Waals surface area contributed by atoms with Crippen LogP contribution in [-0.4, -0.2) is 38.9 Å². The number of anilines is 2. The lowest BCUT2D eigenvalue weighted by Gasteiger charge is -2.35. The molecule has 2 aromatic carbocycles. The summed E-state index contributed by atoms with van der Waals surface area (Å²) < 4.78 is 29.2. The summed E-state index contributed by atoms with van der Waals surface area (Å²) in [4.78, 5) is 24.5. The maximum Gasteiger partial charge on any atom is 0.252 e. The van der Waals surface area contributed by atoms with E-state index in [1.165, 1.54) is 6.20 Å². The summed E-state index contributed by atoms with van der Waals surface area (Å²) in [6.07, 6.45) is 2.73. The first-order valence-electron chi connectivity index (χ1n) is 11.2. The molecule has 5 N–H and O–H groups in total. The van der Waals surface area contributed by atoms with Gasteiger partial charge >= 0.3 is 0 Å². The quantitative estimate of drug-likeness (QED) is 0.282. The smallest absolute Gasteiger partial charge is 0.252 e. The lowest BCUT2D eigenvalue weighted by atomic mass is 9.87. The molecule has 0 spiro atoms. The van der Waals surface area contributed by atoms with Crippen molar-refractivity contribution in [3.05, 3.63) is 71.5 Å². The van der Waals surface area contributed by atoms with Gasteiger partial charge in [-0.2, -0.15) is 0 Å². The monoisotopic (exact) mass is 496 g/mol. The van der Waals surface area contributed by atoms with E-state index in [1.54, 1.807) is 30.5 Å². The molecule has 1 aliphatic rings.